The fraction of sp³-hybridized carbons (Fsp3) is 0.909. The lowest BCUT2D eigenvalue weighted by Crippen LogP contribution is -2.06. The van der Waals surface area contributed by atoms with Crippen molar-refractivity contribution in [1.82, 2.24) is 0 Å². The number of aliphatic hydroxyl groups excluding tert-OH is 2. The average Bonchev–Trinajstić information content (AvgIpc) is 2.58. The van der Waals surface area contributed by atoms with Gasteiger partial charge in [-0.1, -0.05) is 116 Å². The van der Waals surface area contributed by atoms with Crippen molar-refractivity contribution in [3.05, 3.63) is 12.2 Å². The van der Waals surface area contributed by atoms with E-state index in [4.69, 9.17) is 0 Å². The highest BCUT2D eigenvalue weighted by Crippen LogP contribution is 2.12. The summed E-state index contributed by atoms with van der Waals surface area (Å²) in [7, 11) is 0. The van der Waals surface area contributed by atoms with E-state index < -0.39 is 0 Å². The third-order valence-corrected chi connectivity index (χ3v) is 4.76. The molecule has 0 aromatic rings. The van der Waals surface area contributed by atoms with E-state index in [0.29, 0.717) is 0 Å². The second-order valence-electron chi connectivity index (χ2n) is 7.34. The van der Waals surface area contributed by atoms with Crippen LogP contribution in [0.15, 0.2) is 12.2 Å². The van der Waals surface area contributed by atoms with Crippen molar-refractivity contribution in [1.29, 1.82) is 0 Å². The van der Waals surface area contributed by atoms with E-state index in [-0.39, 0.29) is 12.2 Å². The van der Waals surface area contributed by atoms with Crippen LogP contribution in [0.5, 0.6) is 0 Å². The van der Waals surface area contributed by atoms with Gasteiger partial charge in [-0.05, 0) is 12.8 Å². The van der Waals surface area contributed by atoms with Crippen molar-refractivity contribution >= 4 is 0 Å². The summed E-state index contributed by atoms with van der Waals surface area (Å²) in [4.78, 5) is 0. The summed E-state index contributed by atoms with van der Waals surface area (Å²) in [5, 5.41) is 19.8. The van der Waals surface area contributed by atoms with Crippen molar-refractivity contribution in [3.8, 4) is 0 Å². The Morgan fingerprint density at radius 1 is 0.500 bits per heavy atom. The normalized spacial score (nSPS) is 14.3. The van der Waals surface area contributed by atoms with Gasteiger partial charge in [0.05, 0.1) is 12.2 Å². The number of hydrogen-bond donors (Lipinski definition) is 2. The lowest BCUT2D eigenvalue weighted by molar-refractivity contribution is 0.192. The first-order chi connectivity index (χ1) is 11.7. The average molecular weight is 341 g/mol. The molecule has 2 atom stereocenters. The van der Waals surface area contributed by atoms with Gasteiger partial charge in [0.15, 0.2) is 0 Å². The first-order valence-corrected chi connectivity index (χ1v) is 10.7. The van der Waals surface area contributed by atoms with Crippen LogP contribution in [0.4, 0.5) is 0 Å². The molecule has 144 valence electrons. The Morgan fingerprint density at radius 2 is 0.792 bits per heavy atom. The fourth-order valence-corrected chi connectivity index (χ4v) is 3.07. The molecule has 0 heterocycles. The molecule has 0 radical (unpaired) electrons. The zero-order chi connectivity index (χ0) is 17.9. The molecule has 24 heavy (non-hydrogen) atoms. The molecule has 2 nitrogen and oxygen atoms in total. The Morgan fingerprint density at radius 3 is 1.12 bits per heavy atom. The third kappa shape index (κ3) is 18.0. The van der Waals surface area contributed by atoms with Gasteiger partial charge in [0.25, 0.3) is 0 Å². The van der Waals surface area contributed by atoms with E-state index in [2.05, 4.69) is 13.8 Å². The summed E-state index contributed by atoms with van der Waals surface area (Å²) in [5.74, 6) is 0. The third-order valence-electron chi connectivity index (χ3n) is 4.76. The van der Waals surface area contributed by atoms with Crippen molar-refractivity contribution in [3.63, 3.8) is 0 Å². The summed E-state index contributed by atoms with van der Waals surface area (Å²) in [6, 6.07) is 0. The molecule has 2 N–H and O–H groups in total. The van der Waals surface area contributed by atoms with Gasteiger partial charge < -0.3 is 10.2 Å². The maximum atomic E-state index is 9.94. The Balaban J connectivity index is 3.42. The SMILES string of the molecule is CCCCCCCCCCC[C@H](O)/C=C/[C@@H](O)CCCCCCC. The van der Waals surface area contributed by atoms with Crippen LogP contribution < -0.4 is 0 Å². The highest BCUT2D eigenvalue weighted by Gasteiger charge is 2.03. The number of rotatable bonds is 18. The summed E-state index contributed by atoms with van der Waals surface area (Å²) in [6.45, 7) is 4.47. The van der Waals surface area contributed by atoms with Crippen LogP contribution in [0.3, 0.4) is 0 Å². The molecule has 0 bridgehead atoms. The highest BCUT2D eigenvalue weighted by atomic mass is 16.3. The predicted molar refractivity (Wildman–Crippen MR) is 106 cm³/mol. The summed E-state index contributed by atoms with van der Waals surface area (Å²) >= 11 is 0. The van der Waals surface area contributed by atoms with Gasteiger partial charge in [-0.3, -0.25) is 0 Å². The topological polar surface area (TPSA) is 40.5 Å². The maximum absolute atomic E-state index is 9.94. The molecule has 0 aromatic heterocycles. The quantitative estimate of drug-likeness (QED) is 0.219. The molecule has 0 aliphatic rings. The Labute approximate surface area is 151 Å². The lowest BCUT2D eigenvalue weighted by Gasteiger charge is -2.08. The molecule has 0 aromatic carbocycles. The van der Waals surface area contributed by atoms with E-state index in [9.17, 15) is 10.2 Å². The van der Waals surface area contributed by atoms with Crippen LogP contribution in [0.2, 0.25) is 0 Å². The van der Waals surface area contributed by atoms with Crippen LogP contribution in [0.1, 0.15) is 117 Å². The predicted octanol–water partition coefficient (Wildman–Crippen LogP) is 6.55. The van der Waals surface area contributed by atoms with Gasteiger partial charge in [-0.25, -0.2) is 0 Å². The standard InChI is InChI=1S/C22H44O2/c1-3-5-7-9-10-11-12-14-16-18-22(24)20-19-21(23)17-15-13-8-6-4-2/h19-24H,3-18H2,1-2H3/b20-19+/t21-,22-/m0/s1. The molecule has 0 aliphatic heterocycles. The zero-order valence-electron chi connectivity index (χ0n) is 16.5. The van der Waals surface area contributed by atoms with Crippen molar-refractivity contribution < 1.29 is 10.2 Å². The first-order valence-electron chi connectivity index (χ1n) is 10.7. The van der Waals surface area contributed by atoms with E-state index in [1.165, 1.54) is 77.0 Å². The smallest absolute Gasteiger partial charge is 0.0721 e. The highest BCUT2D eigenvalue weighted by molar-refractivity contribution is 4.93. The summed E-state index contributed by atoms with van der Waals surface area (Å²) in [5.41, 5.74) is 0. The molecule has 0 unspecified atom stereocenters. The Kier molecular flexibility index (Phi) is 18.7. The minimum atomic E-state index is -0.385. The molecule has 0 saturated carbocycles. The van der Waals surface area contributed by atoms with Crippen LogP contribution in [0, 0.1) is 0 Å². The van der Waals surface area contributed by atoms with Crippen molar-refractivity contribution in [2.45, 2.75) is 129 Å². The second-order valence-corrected chi connectivity index (χ2v) is 7.34. The first kappa shape index (κ1) is 23.7. The summed E-state index contributed by atoms with van der Waals surface area (Å²) < 4.78 is 0. The number of hydrogen-bond acceptors (Lipinski definition) is 2. The summed E-state index contributed by atoms with van der Waals surface area (Å²) in [6.07, 6.45) is 22.4. The molecule has 0 rings (SSSR count). The van der Waals surface area contributed by atoms with Crippen LogP contribution in [-0.4, -0.2) is 22.4 Å². The van der Waals surface area contributed by atoms with Crippen LogP contribution >= 0.6 is 0 Å². The van der Waals surface area contributed by atoms with Gasteiger partial charge in [0, 0.05) is 0 Å². The molecule has 0 saturated heterocycles. The molecule has 0 spiro atoms. The monoisotopic (exact) mass is 340 g/mol. The van der Waals surface area contributed by atoms with Gasteiger partial charge in [0.2, 0.25) is 0 Å². The van der Waals surface area contributed by atoms with E-state index in [1.54, 1.807) is 12.2 Å². The largest absolute Gasteiger partial charge is 0.389 e. The Hall–Kier alpha value is -0.340. The second kappa shape index (κ2) is 19.0. The molecule has 0 amide bonds. The number of unbranched alkanes of at least 4 members (excludes halogenated alkanes) is 12. The van der Waals surface area contributed by atoms with E-state index in [0.717, 1.165) is 25.7 Å². The maximum Gasteiger partial charge on any atom is 0.0721 e. The van der Waals surface area contributed by atoms with Gasteiger partial charge >= 0.3 is 0 Å². The molecular formula is C22H44O2. The molecule has 2 heteroatoms. The fourth-order valence-electron chi connectivity index (χ4n) is 3.07. The van der Waals surface area contributed by atoms with E-state index >= 15 is 0 Å². The molecular weight excluding hydrogens is 296 g/mol. The zero-order valence-corrected chi connectivity index (χ0v) is 16.5. The van der Waals surface area contributed by atoms with Crippen molar-refractivity contribution in [2.24, 2.45) is 0 Å². The number of aliphatic hydroxyl groups is 2. The van der Waals surface area contributed by atoms with Crippen molar-refractivity contribution in [2.75, 3.05) is 0 Å². The van der Waals surface area contributed by atoms with Crippen LogP contribution in [-0.2, 0) is 0 Å². The van der Waals surface area contributed by atoms with Gasteiger partial charge in [-0.2, -0.15) is 0 Å². The minimum absolute atomic E-state index is 0.385. The lowest BCUT2D eigenvalue weighted by atomic mass is 10.0. The Bertz CT molecular complexity index is 263. The molecule has 0 aliphatic carbocycles. The van der Waals surface area contributed by atoms with Gasteiger partial charge in [-0.15, -0.1) is 0 Å². The van der Waals surface area contributed by atoms with E-state index in [1.807, 2.05) is 0 Å². The van der Waals surface area contributed by atoms with Crippen LogP contribution in [0.25, 0.3) is 0 Å². The van der Waals surface area contributed by atoms with Gasteiger partial charge in [0.1, 0.15) is 0 Å². The minimum Gasteiger partial charge on any atom is -0.389 e. The molecule has 0 fully saturated rings.